The number of piperidine rings is 1. The molecule has 8 nitrogen and oxygen atoms in total. The first kappa shape index (κ1) is 26.7. The van der Waals surface area contributed by atoms with Crippen LogP contribution in [0.25, 0.3) is 11.0 Å². The van der Waals surface area contributed by atoms with E-state index >= 15 is 0 Å². The van der Waals surface area contributed by atoms with Gasteiger partial charge in [0.15, 0.2) is 0 Å². The van der Waals surface area contributed by atoms with Gasteiger partial charge in [-0.1, -0.05) is 32.9 Å². The molecule has 192 valence electrons. The van der Waals surface area contributed by atoms with Gasteiger partial charge in [-0.05, 0) is 63.5 Å². The monoisotopic (exact) mass is 483 g/mol. The number of aromatic amines is 1. The van der Waals surface area contributed by atoms with Gasteiger partial charge in [0.1, 0.15) is 11.9 Å². The van der Waals surface area contributed by atoms with Crippen LogP contribution in [0.1, 0.15) is 90.1 Å². The number of hydrogen-bond donors (Lipinski definition) is 3. The molecule has 1 aromatic carbocycles. The quantitative estimate of drug-likeness (QED) is 0.472. The number of aryl methyl sites for hydroxylation is 1. The van der Waals surface area contributed by atoms with Crippen LogP contribution < -0.4 is 10.6 Å². The Morgan fingerprint density at radius 3 is 2.63 bits per heavy atom. The number of hydrogen-bond acceptors (Lipinski definition) is 4. The molecule has 3 amide bonds. The molecule has 8 heteroatoms. The minimum absolute atomic E-state index is 0.0400. The third-order valence-corrected chi connectivity index (χ3v) is 6.90. The first-order valence-corrected chi connectivity index (χ1v) is 13.0. The summed E-state index contributed by atoms with van der Waals surface area (Å²) in [5.41, 5.74) is 2.83. The highest BCUT2D eigenvalue weighted by Gasteiger charge is 2.31. The molecule has 1 aliphatic rings. The number of para-hydroxylation sites is 1. The Labute approximate surface area is 208 Å². The summed E-state index contributed by atoms with van der Waals surface area (Å²) in [4.78, 5) is 49.0. The molecule has 0 spiro atoms. The zero-order chi connectivity index (χ0) is 25.5. The van der Waals surface area contributed by atoms with E-state index in [1.54, 1.807) is 0 Å². The van der Waals surface area contributed by atoms with Crippen molar-refractivity contribution in [2.45, 2.75) is 97.7 Å². The van der Waals surface area contributed by atoms with E-state index in [1.807, 2.05) is 36.9 Å². The first-order chi connectivity index (χ1) is 16.7. The lowest BCUT2D eigenvalue weighted by Gasteiger charge is -2.36. The molecule has 3 atom stereocenters. The van der Waals surface area contributed by atoms with E-state index in [0.717, 1.165) is 48.7 Å². The smallest absolute Gasteiger partial charge is 0.243 e. The van der Waals surface area contributed by atoms with Gasteiger partial charge in [0.2, 0.25) is 17.7 Å². The highest BCUT2D eigenvalue weighted by atomic mass is 16.2. The van der Waals surface area contributed by atoms with Crippen LogP contribution in [0.4, 0.5) is 0 Å². The second-order valence-electron chi connectivity index (χ2n) is 10.2. The summed E-state index contributed by atoms with van der Waals surface area (Å²) in [6.45, 7) is 10.8. The largest absolute Gasteiger partial charge is 0.345 e. The molecule has 3 N–H and O–H groups in total. The van der Waals surface area contributed by atoms with Crippen molar-refractivity contribution in [3.63, 3.8) is 0 Å². The Morgan fingerprint density at radius 1 is 1.17 bits per heavy atom. The number of fused-ring (bicyclic) bond motifs is 1. The molecule has 0 saturated carbocycles. The zero-order valence-corrected chi connectivity index (χ0v) is 21.8. The summed E-state index contributed by atoms with van der Waals surface area (Å²) in [5.74, 6) is 0.369. The van der Waals surface area contributed by atoms with Crippen molar-refractivity contribution in [2.75, 3.05) is 6.54 Å². The molecule has 0 bridgehead atoms. The van der Waals surface area contributed by atoms with Crippen molar-refractivity contribution in [1.29, 1.82) is 0 Å². The number of carbonyl (C=O) groups excluding carboxylic acids is 3. The number of carbonyl (C=O) groups is 3. The number of H-pyrrole nitrogens is 1. The van der Waals surface area contributed by atoms with E-state index in [1.165, 1.54) is 0 Å². The van der Waals surface area contributed by atoms with Crippen LogP contribution in [0.2, 0.25) is 0 Å². The van der Waals surface area contributed by atoms with Crippen molar-refractivity contribution in [2.24, 2.45) is 5.92 Å². The molecule has 1 fully saturated rings. The number of rotatable bonds is 10. The van der Waals surface area contributed by atoms with E-state index in [0.29, 0.717) is 24.7 Å². The lowest BCUT2D eigenvalue weighted by Crippen LogP contribution is -2.52. The summed E-state index contributed by atoms with van der Waals surface area (Å²) < 4.78 is 0. The number of benzene rings is 1. The second-order valence-corrected chi connectivity index (χ2v) is 10.2. The summed E-state index contributed by atoms with van der Waals surface area (Å²) >= 11 is 0. The number of amides is 3. The van der Waals surface area contributed by atoms with Gasteiger partial charge in [0.05, 0.1) is 23.5 Å². The van der Waals surface area contributed by atoms with Crippen LogP contribution in [-0.2, 0) is 14.4 Å². The molecule has 0 radical (unpaired) electrons. The Balaban J connectivity index is 1.73. The average molecular weight is 484 g/mol. The number of aromatic nitrogens is 2. The maximum Gasteiger partial charge on any atom is 0.243 e. The van der Waals surface area contributed by atoms with Gasteiger partial charge in [-0.2, -0.15) is 0 Å². The Morgan fingerprint density at radius 2 is 1.94 bits per heavy atom. The second kappa shape index (κ2) is 12.2. The molecule has 1 aromatic heterocycles. The average Bonchev–Trinajstić information content (AvgIpc) is 3.28. The predicted molar refractivity (Wildman–Crippen MR) is 138 cm³/mol. The minimum Gasteiger partial charge on any atom is -0.345 e. The van der Waals surface area contributed by atoms with Crippen molar-refractivity contribution in [3.8, 4) is 0 Å². The number of imidazole rings is 1. The van der Waals surface area contributed by atoms with E-state index < -0.39 is 12.1 Å². The molecular formula is C27H41N5O3. The standard InChI is InChI=1S/C27H41N5O3/c1-6-20-11-7-8-15-32(20)24(34)16-22(29-23(33)14-13-17(2)3)27(35)28-19(5)26-30-21-12-9-10-18(4)25(21)31-26/h9-10,12,17,19-20,22H,6-8,11,13-16H2,1-5H3,(H,28,35)(H,29,33)(H,30,31)/t19-,20-,22-/m0/s1. The van der Waals surface area contributed by atoms with E-state index in [4.69, 9.17) is 0 Å². The van der Waals surface area contributed by atoms with Crippen molar-refractivity contribution in [1.82, 2.24) is 25.5 Å². The van der Waals surface area contributed by atoms with E-state index in [-0.39, 0.29) is 30.2 Å². The third-order valence-electron chi connectivity index (χ3n) is 6.90. The maximum atomic E-state index is 13.3. The summed E-state index contributed by atoms with van der Waals surface area (Å²) in [7, 11) is 0. The van der Waals surface area contributed by atoms with Gasteiger partial charge >= 0.3 is 0 Å². The van der Waals surface area contributed by atoms with Crippen molar-refractivity contribution >= 4 is 28.8 Å². The molecule has 2 heterocycles. The van der Waals surface area contributed by atoms with Crippen LogP contribution >= 0.6 is 0 Å². The van der Waals surface area contributed by atoms with Crippen LogP contribution in [0.15, 0.2) is 18.2 Å². The lowest BCUT2D eigenvalue weighted by atomic mass is 9.98. The topological polar surface area (TPSA) is 107 Å². The number of likely N-dealkylation sites (tertiary alicyclic amines) is 1. The lowest BCUT2D eigenvalue weighted by molar-refractivity contribution is -0.139. The highest BCUT2D eigenvalue weighted by molar-refractivity contribution is 5.92. The molecule has 3 rings (SSSR count). The van der Waals surface area contributed by atoms with Crippen LogP contribution in [0.3, 0.4) is 0 Å². The molecule has 35 heavy (non-hydrogen) atoms. The molecule has 0 unspecified atom stereocenters. The van der Waals surface area contributed by atoms with Crippen molar-refractivity contribution in [3.05, 3.63) is 29.6 Å². The van der Waals surface area contributed by atoms with E-state index in [2.05, 4.69) is 41.4 Å². The maximum absolute atomic E-state index is 13.3. The summed E-state index contributed by atoms with van der Waals surface area (Å²) in [5, 5.41) is 5.80. The van der Waals surface area contributed by atoms with Gasteiger partial charge in [-0.25, -0.2) is 4.98 Å². The van der Waals surface area contributed by atoms with Crippen LogP contribution in [0.5, 0.6) is 0 Å². The highest BCUT2D eigenvalue weighted by Crippen LogP contribution is 2.22. The zero-order valence-electron chi connectivity index (χ0n) is 21.8. The Kier molecular flexibility index (Phi) is 9.29. The fraction of sp³-hybridized carbons (Fsp3) is 0.630. The van der Waals surface area contributed by atoms with Gasteiger partial charge in [-0.15, -0.1) is 0 Å². The molecule has 0 aliphatic carbocycles. The Hall–Kier alpha value is -2.90. The first-order valence-electron chi connectivity index (χ1n) is 13.0. The summed E-state index contributed by atoms with van der Waals surface area (Å²) in [6.07, 6.45) is 4.99. The van der Waals surface area contributed by atoms with Gasteiger partial charge in [0.25, 0.3) is 0 Å². The normalized spacial score (nSPS) is 17.9. The Bertz CT molecular complexity index is 1030. The molecule has 2 aromatic rings. The van der Waals surface area contributed by atoms with Gasteiger partial charge in [0, 0.05) is 19.0 Å². The SMILES string of the molecule is CC[C@H]1CCCCN1C(=O)C[C@H](NC(=O)CCC(C)C)C(=O)N[C@@H](C)c1nc2c(C)cccc2[nH]1. The number of nitrogens with zero attached hydrogens (tertiary/aromatic N) is 2. The fourth-order valence-corrected chi connectivity index (χ4v) is 4.72. The predicted octanol–water partition coefficient (Wildman–Crippen LogP) is 4.15. The number of nitrogens with one attached hydrogen (secondary N) is 3. The van der Waals surface area contributed by atoms with Gasteiger partial charge in [-0.3, -0.25) is 14.4 Å². The fourth-order valence-electron chi connectivity index (χ4n) is 4.72. The molecule has 1 saturated heterocycles. The molecule has 1 aliphatic heterocycles. The van der Waals surface area contributed by atoms with Crippen LogP contribution in [0, 0.1) is 12.8 Å². The van der Waals surface area contributed by atoms with Crippen molar-refractivity contribution < 1.29 is 14.4 Å². The van der Waals surface area contributed by atoms with E-state index in [9.17, 15) is 14.4 Å². The van der Waals surface area contributed by atoms with Crippen LogP contribution in [-0.4, -0.2) is 51.2 Å². The van der Waals surface area contributed by atoms with Gasteiger partial charge < -0.3 is 20.5 Å². The minimum atomic E-state index is -0.921. The third kappa shape index (κ3) is 7.05. The summed E-state index contributed by atoms with van der Waals surface area (Å²) in [6, 6.07) is 4.78. The molecular weight excluding hydrogens is 442 g/mol.